The van der Waals surface area contributed by atoms with Gasteiger partial charge in [-0.05, 0) is 38.3 Å². The van der Waals surface area contributed by atoms with Crippen molar-refractivity contribution in [3.05, 3.63) is 29.8 Å². The summed E-state index contributed by atoms with van der Waals surface area (Å²) in [5.74, 6) is 0. The Morgan fingerprint density at radius 1 is 1.16 bits per heavy atom. The lowest BCUT2D eigenvalue weighted by atomic mass is 9.95. The van der Waals surface area contributed by atoms with Crippen LogP contribution in [0.3, 0.4) is 0 Å². The van der Waals surface area contributed by atoms with E-state index in [-0.39, 0.29) is 0 Å². The highest BCUT2D eigenvalue weighted by Gasteiger charge is 2.13. The lowest BCUT2D eigenvalue weighted by Gasteiger charge is -2.28. The average Bonchev–Trinajstić information content (AvgIpc) is 2.46. The molecule has 0 aromatic heterocycles. The Morgan fingerprint density at radius 3 is 2.58 bits per heavy atom. The SMILES string of the molecule is CCN(CCNC1CCCCC1)c1ccccc1C. The Bertz CT molecular complexity index is 369. The molecule has 1 aromatic carbocycles. The van der Waals surface area contributed by atoms with Crippen molar-refractivity contribution in [1.82, 2.24) is 5.32 Å². The molecule has 0 atom stereocenters. The maximum absolute atomic E-state index is 3.73. The molecule has 0 radical (unpaired) electrons. The predicted molar refractivity (Wildman–Crippen MR) is 83.9 cm³/mol. The van der Waals surface area contributed by atoms with Crippen LogP contribution >= 0.6 is 0 Å². The quantitative estimate of drug-likeness (QED) is 0.838. The zero-order valence-corrected chi connectivity index (χ0v) is 12.5. The smallest absolute Gasteiger partial charge is 0.0396 e. The molecule has 106 valence electrons. The first-order chi connectivity index (χ1) is 9.31. The van der Waals surface area contributed by atoms with Gasteiger partial charge < -0.3 is 10.2 Å². The van der Waals surface area contributed by atoms with Crippen LogP contribution in [0.5, 0.6) is 0 Å². The summed E-state index contributed by atoms with van der Waals surface area (Å²) in [4.78, 5) is 2.48. The van der Waals surface area contributed by atoms with Gasteiger partial charge in [-0.3, -0.25) is 0 Å². The summed E-state index contributed by atoms with van der Waals surface area (Å²) in [6.45, 7) is 7.74. The monoisotopic (exact) mass is 260 g/mol. The molecule has 0 saturated heterocycles. The highest BCUT2D eigenvalue weighted by Crippen LogP contribution is 2.19. The molecule has 0 amide bonds. The Balaban J connectivity index is 1.81. The molecule has 0 bridgehead atoms. The number of nitrogens with one attached hydrogen (secondary N) is 1. The second kappa shape index (κ2) is 7.54. The highest BCUT2D eigenvalue weighted by molar-refractivity contribution is 5.52. The van der Waals surface area contributed by atoms with Gasteiger partial charge in [0.25, 0.3) is 0 Å². The molecular weight excluding hydrogens is 232 g/mol. The van der Waals surface area contributed by atoms with Crippen molar-refractivity contribution in [3.63, 3.8) is 0 Å². The van der Waals surface area contributed by atoms with Gasteiger partial charge in [-0.25, -0.2) is 0 Å². The van der Waals surface area contributed by atoms with Gasteiger partial charge in [0.15, 0.2) is 0 Å². The van der Waals surface area contributed by atoms with E-state index in [1.165, 1.54) is 43.4 Å². The fraction of sp³-hybridized carbons (Fsp3) is 0.647. The summed E-state index contributed by atoms with van der Waals surface area (Å²) < 4.78 is 0. The van der Waals surface area contributed by atoms with E-state index in [1.807, 2.05) is 0 Å². The molecule has 1 N–H and O–H groups in total. The molecule has 2 rings (SSSR count). The van der Waals surface area contributed by atoms with E-state index < -0.39 is 0 Å². The maximum atomic E-state index is 3.73. The molecule has 0 spiro atoms. The van der Waals surface area contributed by atoms with E-state index in [9.17, 15) is 0 Å². The van der Waals surface area contributed by atoms with Crippen molar-refractivity contribution < 1.29 is 0 Å². The minimum Gasteiger partial charge on any atom is -0.370 e. The van der Waals surface area contributed by atoms with Crippen LogP contribution in [0.15, 0.2) is 24.3 Å². The standard InChI is InChI=1S/C17H28N2/c1-3-19(17-12-8-7-9-15(17)2)14-13-18-16-10-5-4-6-11-16/h7-9,12,16,18H,3-6,10-11,13-14H2,1-2H3. The predicted octanol–water partition coefficient (Wildman–Crippen LogP) is 3.74. The summed E-state index contributed by atoms with van der Waals surface area (Å²) in [7, 11) is 0. The van der Waals surface area contributed by atoms with Gasteiger partial charge in [0, 0.05) is 31.4 Å². The van der Waals surface area contributed by atoms with Gasteiger partial charge in [-0.2, -0.15) is 0 Å². The summed E-state index contributed by atoms with van der Waals surface area (Å²) in [5.41, 5.74) is 2.76. The van der Waals surface area contributed by atoms with E-state index in [0.717, 1.165) is 25.7 Å². The molecule has 1 fully saturated rings. The number of benzene rings is 1. The Labute approximate surface area is 118 Å². The molecule has 0 unspecified atom stereocenters. The van der Waals surface area contributed by atoms with Crippen molar-refractivity contribution in [2.45, 2.75) is 52.0 Å². The second-order valence-electron chi connectivity index (χ2n) is 5.66. The number of hydrogen-bond acceptors (Lipinski definition) is 2. The van der Waals surface area contributed by atoms with Gasteiger partial charge in [0.2, 0.25) is 0 Å². The lowest BCUT2D eigenvalue weighted by Crippen LogP contribution is -2.38. The number of anilines is 1. The van der Waals surface area contributed by atoms with Crippen LogP contribution in [0.25, 0.3) is 0 Å². The zero-order valence-electron chi connectivity index (χ0n) is 12.5. The van der Waals surface area contributed by atoms with Crippen LogP contribution in [-0.2, 0) is 0 Å². The van der Waals surface area contributed by atoms with E-state index in [1.54, 1.807) is 0 Å². The van der Waals surface area contributed by atoms with E-state index in [0.29, 0.717) is 0 Å². The Kier molecular flexibility index (Phi) is 5.71. The molecule has 1 aliphatic carbocycles. The first-order valence-corrected chi connectivity index (χ1v) is 7.85. The maximum Gasteiger partial charge on any atom is 0.0396 e. The van der Waals surface area contributed by atoms with Gasteiger partial charge in [-0.15, -0.1) is 0 Å². The summed E-state index contributed by atoms with van der Waals surface area (Å²) in [6.07, 6.45) is 7.00. The molecule has 19 heavy (non-hydrogen) atoms. The van der Waals surface area contributed by atoms with Gasteiger partial charge in [0.1, 0.15) is 0 Å². The van der Waals surface area contributed by atoms with E-state index >= 15 is 0 Å². The molecule has 1 aliphatic rings. The molecule has 1 saturated carbocycles. The summed E-state index contributed by atoms with van der Waals surface area (Å²) >= 11 is 0. The van der Waals surface area contributed by atoms with Crippen LogP contribution in [0.2, 0.25) is 0 Å². The van der Waals surface area contributed by atoms with Crippen LogP contribution in [-0.4, -0.2) is 25.7 Å². The number of rotatable bonds is 6. The fourth-order valence-corrected chi connectivity index (χ4v) is 3.08. The number of nitrogens with zero attached hydrogens (tertiary/aromatic N) is 1. The third kappa shape index (κ3) is 4.24. The number of aryl methyl sites for hydroxylation is 1. The molecule has 1 aromatic rings. The summed E-state index contributed by atoms with van der Waals surface area (Å²) in [6, 6.07) is 9.46. The lowest BCUT2D eigenvalue weighted by molar-refractivity contribution is 0.376. The third-order valence-corrected chi connectivity index (χ3v) is 4.26. The molecular formula is C17H28N2. The van der Waals surface area contributed by atoms with Gasteiger partial charge in [-0.1, -0.05) is 37.5 Å². The van der Waals surface area contributed by atoms with E-state index in [2.05, 4.69) is 48.3 Å². The zero-order chi connectivity index (χ0) is 13.5. The highest BCUT2D eigenvalue weighted by atomic mass is 15.1. The Hall–Kier alpha value is -1.02. The Morgan fingerprint density at radius 2 is 1.89 bits per heavy atom. The average molecular weight is 260 g/mol. The van der Waals surface area contributed by atoms with Crippen LogP contribution in [0.1, 0.15) is 44.6 Å². The van der Waals surface area contributed by atoms with E-state index in [4.69, 9.17) is 0 Å². The largest absolute Gasteiger partial charge is 0.370 e. The van der Waals surface area contributed by atoms with Crippen molar-refractivity contribution in [3.8, 4) is 0 Å². The van der Waals surface area contributed by atoms with Crippen molar-refractivity contribution >= 4 is 5.69 Å². The molecule has 0 heterocycles. The van der Waals surface area contributed by atoms with Crippen LogP contribution in [0, 0.1) is 6.92 Å². The molecule has 2 heteroatoms. The minimum atomic E-state index is 0.768. The van der Waals surface area contributed by atoms with Gasteiger partial charge >= 0.3 is 0 Å². The van der Waals surface area contributed by atoms with Crippen molar-refractivity contribution in [2.24, 2.45) is 0 Å². The van der Waals surface area contributed by atoms with Crippen molar-refractivity contribution in [2.75, 3.05) is 24.5 Å². The second-order valence-corrected chi connectivity index (χ2v) is 5.66. The van der Waals surface area contributed by atoms with Crippen molar-refractivity contribution in [1.29, 1.82) is 0 Å². The third-order valence-electron chi connectivity index (χ3n) is 4.26. The normalized spacial score (nSPS) is 16.5. The van der Waals surface area contributed by atoms with Gasteiger partial charge in [0.05, 0.1) is 0 Å². The first kappa shape index (κ1) is 14.4. The van der Waals surface area contributed by atoms with Crippen LogP contribution in [0.4, 0.5) is 5.69 Å². The topological polar surface area (TPSA) is 15.3 Å². The number of likely N-dealkylation sites (N-methyl/N-ethyl adjacent to an activating group) is 1. The fourth-order valence-electron chi connectivity index (χ4n) is 3.08. The van der Waals surface area contributed by atoms with Crippen LogP contribution < -0.4 is 10.2 Å². The summed E-state index contributed by atoms with van der Waals surface area (Å²) in [5, 5.41) is 3.73. The minimum absolute atomic E-state index is 0.768. The number of hydrogen-bond donors (Lipinski definition) is 1. The first-order valence-electron chi connectivity index (χ1n) is 7.85. The molecule has 0 aliphatic heterocycles. The molecule has 2 nitrogen and oxygen atoms in total. The number of para-hydroxylation sites is 1.